The molecule has 10 nitrogen and oxygen atoms in total. The maximum Gasteiger partial charge on any atom is 0.265 e. The molecule has 188 valence electrons. The van der Waals surface area contributed by atoms with Crippen LogP contribution < -0.4 is 15.5 Å². The number of hydrogen-bond acceptors (Lipinski definition) is 7. The lowest BCUT2D eigenvalue weighted by Crippen LogP contribution is -2.54. The van der Waals surface area contributed by atoms with Gasteiger partial charge in [-0.1, -0.05) is 18.2 Å². The number of fused-ring (bicyclic) bond motifs is 1. The van der Waals surface area contributed by atoms with Gasteiger partial charge in [-0.3, -0.25) is 14.8 Å². The van der Waals surface area contributed by atoms with Crippen LogP contribution in [0.15, 0.2) is 59.6 Å². The van der Waals surface area contributed by atoms with Crippen molar-refractivity contribution in [2.45, 2.75) is 22.5 Å². The molecule has 0 unspecified atom stereocenters. The molecule has 2 heterocycles. The molecule has 3 aromatic rings. The Bertz CT molecular complexity index is 1290. The van der Waals surface area contributed by atoms with Gasteiger partial charge >= 0.3 is 0 Å². The Hall–Kier alpha value is -3.12. The number of para-hydroxylation sites is 1. The van der Waals surface area contributed by atoms with Crippen LogP contribution in [-0.2, 0) is 19.4 Å². The van der Waals surface area contributed by atoms with E-state index in [0.29, 0.717) is 11.3 Å². The number of carbonyl (C=O) groups excluding carboxylic acids is 2. The molecule has 1 aliphatic rings. The summed E-state index contributed by atoms with van der Waals surface area (Å²) in [5.74, 6) is -0.790. The molecule has 0 saturated carbocycles. The summed E-state index contributed by atoms with van der Waals surface area (Å²) in [6.07, 6.45) is 1.54. The van der Waals surface area contributed by atoms with Gasteiger partial charge in [0, 0.05) is 30.3 Å². The first kappa shape index (κ1) is 26.5. The van der Waals surface area contributed by atoms with Crippen molar-refractivity contribution >= 4 is 45.0 Å². The largest absolute Gasteiger partial charge is 0.492 e. The lowest BCUT2D eigenvalue weighted by molar-refractivity contribution is -0.134. The van der Waals surface area contributed by atoms with Crippen molar-refractivity contribution in [3.63, 3.8) is 0 Å². The number of halogens is 1. The van der Waals surface area contributed by atoms with Gasteiger partial charge in [-0.15, -0.1) is 12.4 Å². The predicted octanol–water partition coefficient (Wildman–Crippen LogP) is 2.23. The van der Waals surface area contributed by atoms with E-state index in [-0.39, 0.29) is 62.4 Å². The summed E-state index contributed by atoms with van der Waals surface area (Å²) in [6, 6.07) is 13.2. The van der Waals surface area contributed by atoms with Gasteiger partial charge < -0.3 is 19.8 Å². The number of carbonyl (C=O) groups is 2. The van der Waals surface area contributed by atoms with Crippen molar-refractivity contribution in [3.8, 4) is 5.75 Å². The molecule has 0 bridgehead atoms. The Morgan fingerprint density at radius 1 is 1.09 bits per heavy atom. The maximum absolute atomic E-state index is 13.2. The minimum Gasteiger partial charge on any atom is -0.492 e. The Kier molecular flexibility index (Phi) is 8.39. The highest BCUT2D eigenvalue weighted by Crippen LogP contribution is 2.35. The first-order valence-electron chi connectivity index (χ1n) is 10.7. The topological polar surface area (TPSA) is 147 Å². The number of hydroxylamine groups is 1. The zero-order chi connectivity index (χ0) is 24.2. The van der Waals surface area contributed by atoms with Gasteiger partial charge in [0.2, 0.25) is 0 Å². The van der Waals surface area contributed by atoms with E-state index in [1.54, 1.807) is 6.20 Å². The first-order valence-corrected chi connectivity index (χ1v) is 12.2. The zero-order valence-electron chi connectivity index (χ0n) is 18.7. The molecule has 0 radical (unpaired) electrons. The molecule has 0 atom stereocenters. The van der Waals surface area contributed by atoms with Crippen LogP contribution in [0.2, 0.25) is 0 Å². The van der Waals surface area contributed by atoms with E-state index < -0.39 is 20.5 Å². The average Bonchev–Trinajstić information content (AvgIpc) is 3.31. The van der Waals surface area contributed by atoms with Crippen molar-refractivity contribution in [2.75, 3.05) is 26.4 Å². The molecule has 0 aliphatic carbocycles. The summed E-state index contributed by atoms with van der Waals surface area (Å²) < 4.78 is 35.5. The van der Waals surface area contributed by atoms with E-state index in [4.69, 9.17) is 14.7 Å². The molecule has 0 spiro atoms. The van der Waals surface area contributed by atoms with Crippen LogP contribution in [0.3, 0.4) is 0 Å². The van der Waals surface area contributed by atoms with Crippen LogP contribution in [-0.4, -0.2) is 61.5 Å². The summed E-state index contributed by atoms with van der Waals surface area (Å²) in [4.78, 5) is 27.7. The smallest absolute Gasteiger partial charge is 0.265 e. The lowest BCUT2D eigenvalue weighted by Gasteiger charge is -2.34. The molecular weight excluding hydrogens is 498 g/mol. The van der Waals surface area contributed by atoms with E-state index in [1.165, 1.54) is 29.7 Å². The number of ether oxygens (including phenoxy) is 2. The number of aromatic nitrogens is 1. The third kappa shape index (κ3) is 5.13. The number of hydrogen-bond donors (Lipinski definition) is 4. The van der Waals surface area contributed by atoms with Crippen molar-refractivity contribution in [2.24, 2.45) is 0 Å². The van der Waals surface area contributed by atoms with Gasteiger partial charge in [-0.05, 0) is 43.2 Å². The fourth-order valence-electron chi connectivity index (χ4n) is 4.05. The van der Waals surface area contributed by atoms with Gasteiger partial charge in [0.05, 0.1) is 17.0 Å². The molecule has 1 aliphatic heterocycles. The second-order valence-corrected chi connectivity index (χ2v) is 10.1. The van der Waals surface area contributed by atoms with Crippen molar-refractivity contribution in [1.82, 2.24) is 15.8 Å². The summed E-state index contributed by atoms with van der Waals surface area (Å²) in [7, 11) is -4.10. The minimum absolute atomic E-state index is 0. The maximum atomic E-state index is 13.2. The molecule has 1 saturated heterocycles. The molecule has 2 aromatic carbocycles. The quantitative estimate of drug-likeness (QED) is 0.201. The summed E-state index contributed by atoms with van der Waals surface area (Å²) >= 11 is 0. The van der Waals surface area contributed by atoms with E-state index in [9.17, 15) is 18.0 Å². The van der Waals surface area contributed by atoms with Crippen molar-refractivity contribution < 1.29 is 32.7 Å². The van der Waals surface area contributed by atoms with Crippen molar-refractivity contribution in [3.05, 3.63) is 60.3 Å². The van der Waals surface area contributed by atoms with Crippen LogP contribution in [0.5, 0.6) is 5.75 Å². The summed E-state index contributed by atoms with van der Waals surface area (Å²) in [5.41, 5.74) is 2.91. The Morgan fingerprint density at radius 2 is 1.77 bits per heavy atom. The van der Waals surface area contributed by atoms with Gasteiger partial charge in [0.15, 0.2) is 14.6 Å². The van der Waals surface area contributed by atoms with E-state index in [0.717, 1.165) is 10.9 Å². The first-order chi connectivity index (χ1) is 16.4. The van der Waals surface area contributed by atoms with Gasteiger partial charge in [-0.2, -0.15) is 0 Å². The fraction of sp³-hybridized carbons (Fsp3) is 0.304. The van der Waals surface area contributed by atoms with Crippen LogP contribution in [0.1, 0.15) is 23.2 Å². The highest BCUT2D eigenvalue weighted by atomic mass is 35.5. The molecule has 12 heteroatoms. The third-order valence-electron chi connectivity index (χ3n) is 5.95. The van der Waals surface area contributed by atoms with E-state index >= 15 is 0 Å². The van der Waals surface area contributed by atoms with Gasteiger partial charge in [0.1, 0.15) is 12.4 Å². The van der Waals surface area contributed by atoms with E-state index in [2.05, 4.69) is 10.3 Å². The second kappa shape index (κ2) is 11.1. The lowest BCUT2D eigenvalue weighted by atomic mass is 9.98. The monoisotopic (exact) mass is 523 g/mol. The Balaban J connectivity index is 0.00000342. The molecule has 2 amide bonds. The molecule has 1 fully saturated rings. The number of aromatic amines is 1. The van der Waals surface area contributed by atoms with E-state index in [1.807, 2.05) is 24.3 Å². The number of rotatable bonds is 8. The number of H-pyrrole nitrogens is 1. The second-order valence-electron chi connectivity index (χ2n) is 7.87. The Morgan fingerprint density at radius 3 is 2.46 bits per heavy atom. The summed E-state index contributed by atoms with van der Waals surface area (Å²) in [5, 5.41) is 12.7. The number of sulfone groups is 1. The highest BCUT2D eigenvalue weighted by molar-refractivity contribution is 7.93. The number of nitrogens with one attached hydrogen (secondary N) is 3. The molecule has 1 aromatic heterocycles. The zero-order valence-corrected chi connectivity index (χ0v) is 20.3. The summed E-state index contributed by atoms with van der Waals surface area (Å²) in [6.45, 7) is 0.614. The molecule has 4 rings (SSSR count). The van der Waals surface area contributed by atoms with Gasteiger partial charge in [0.25, 0.3) is 11.8 Å². The van der Waals surface area contributed by atoms with Crippen LogP contribution in [0.25, 0.3) is 10.9 Å². The normalized spacial score (nSPS) is 15.1. The average molecular weight is 524 g/mol. The van der Waals surface area contributed by atoms with Crippen LogP contribution >= 0.6 is 12.4 Å². The van der Waals surface area contributed by atoms with Crippen molar-refractivity contribution in [1.29, 1.82) is 0 Å². The minimum atomic E-state index is -4.10. The fourth-order valence-corrected chi connectivity index (χ4v) is 5.99. The van der Waals surface area contributed by atoms with Crippen LogP contribution in [0, 0.1) is 0 Å². The van der Waals surface area contributed by atoms with Gasteiger partial charge in [-0.25, -0.2) is 13.9 Å². The number of amides is 2. The SMILES string of the molecule is Cl.O=C(NCCOc1ccc(S(=O)(=O)C2(C(=O)NO)CCOCC2)cc1)c1c[nH]c2ccccc12. The molecule has 35 heavy (non-hydrogen) atoms. The predicted molar refractivity (Wildman–Crippen MR) is 130 cm³/mol. The molecular formula is C23H26ClN3O7S. The van der Waals surface area contributed by atoms with Crippen LogP contribution in [0.4, 0.5) is 0 Å². The third-order valence-corrected chi connectivity index (χ3v) is 8.47. The number of benzene rings is 2. The highest BCUT2D eigenvalue weighted by Gasteiger charge is 2.52. The Labute approximate surface area is 208 Å². The standard InChI is InChI=1S/C23H25N3O7S.ClH/c27-21(19-15-25-20-4-2-1-3-18(19)20)24-11-14-33-16-5-7-17(8-6-16)34(30,31)23(22(28)26-29)9-12-32-13-10-23;/h1-8,15,25,29H,9-14H2,(H,24,27)(H,26,28);1H. The molecule has 4 N–H and O–H groups in total.